The van der Waals surface area contributed by atoms with Crippen LogP contribution in [0.4, 0.5) is 42.0 Å². The van der Waals surface area contributed by atoms with Crippen molar-refractivity contribution in [1.82, 2.24) is 14.9 Å². The van der Waals surface area contributed by atoms with Crippen LogP contribution >= 0.6 is 23.2 Å². The molecule has 3 aliphatic heterocycles. The van der Waals surface area contributed by atoms with E-state index >= 15 is 0 Å². The van der Waals surface area contributed by atoms with Crippen LogP contribution < -0.4 is 20.0 Å². The number of piperazine rings is 1. The minimum Gasteiger partial charge on any atom is -0.368 e. The molecular weight excluding hydrogens is 592 g/mol. The van der Waals surface area contributed by atoms with Gasteiger partial charge in [0.25, 0.3) is 5.91 Å². The fraction of sp³-hybridized carbons (Fsp3) is 0.357. The van der Waals surface area contributed by atoms with Gasteiger partial charge in [-0.25, -0.2) is 9.88 Å². The number of carbonyl (C=O) groups excluding carboxylic acids is 1. The summed E-state index contributed by atoms with van der Waals surface area (Å²) in [6.45, 7) is 5.79. The molecule has 9 nitrogen and oxygen atoms in total. The Morgan fingerprint density at radius 1 is 1.05 bits per heavy atom. The fourth-order valence-electron chi connectivity index (χ4n) is 5.58. The first kappa shape index (κ1) is 28.5. The van der Waals surface area contributed by atoms with E-state index in [2.05, 4.69) is 25.2 Å². The Bertz CT molecular complexity index is 1570. The third-order valence-electron chi connectivity index (χ3n) is 7.90. The van der Waals surface area contributed by atoms with Crippen molar-refractivity contribution in [3.8, 4) is 0 Å². The van der Waals surface area contributed by atoms with Gasteiger partial charge in [-0.05, 0) is 51.2 Å². The highest BCUT2D eigenvalue weighted by Gasteiger charge is 2.42. The van der Waals surface area contributed by atoms with Crippen LogP contribution in [0.15, 0.2) is 47.6 Å². The van der Waals surface area contributed by atoms with E-state index in [-0.39, 0.29) is 45.0 Å². The first-order valence-corrected chi connectivity index (χ1v) is 14.1. The zero-order chi connectivity index (χ0) is 29.9. The number of aliphatic imine (C=N–C) groups is 1. The van der Waals surface area contributed by atoms with Crippen molar-refractivity contribution in [3.63, 3.8) is 0 Å². The minimum atomic E-state index is -4.57. The summed E-state index contributed by atoms with van der Waals surface area (Å²) in [6.07, 6.45) is -3.23. The topological polar surface area (TPSA) is 80.2 Å². The molecule has 6 rings (SSSR count). The van der Waals surface area contributed by atoms with Crippen LogP contribution in [-0.4, -0.2) is 72.0 Å². The quantitative estimate of drug-likeness (QED) is 0.389. The zero-order valence-corrected chi connectivity index (χ0v) is 24.5. The number of likely N-dealkylation sites (N-methyl/N-ethyl adjacent to an activating group) is 1. The number of hydrogen-bond donors (Lipinski definition) is 1. The number of hydrogen-bond acceptors (Lipinski definition) is 8. The summed E-state index contributed by atoms with van der Waals surface area (Å²) in [5.74, 6) is 0.176. The molecule has 0 saturated carbocycles. The smallest absolute Gasteiger partial charge is 0.368 e. The van der Waals surface area contributed by atoms with E-state index < -0.39 is 17.6 Å². The highest BCUT2D eigenvalue weighted by molar-refractivity contribution is 6.43. The van der Waals surface area contributed by atoms with E-state index in [1.807, 2.05) is 20.9 Å². The minimum absolute atomic E-state index is 0.0414. The molecule has 0 radical (unpaired) electrons. The van der Waals surface area contributed by atoms with Crippen molar-refractivity contribution in [2.75, 3.05) is 53.2 Å². The maximum absolute atomic E-state index is 14.3. The van der Waals surface area contributed by atoms with Crippen LogP contribution in [0.5, 0.6) is 0 Å². The normalized spacial score (nSPS) is 20.9. The number of benzene rings is 2. The summed E-state index contributed by atoms with van der Waals surface area (Å²) in [5.41, 5.74) is 0.0392. The molecule has 1 N–H and O–H groups in total. The summed E-state index contributed by atoms with van der Waals surface area (Å²) in [7, 11) is 1.98. The molecule has 0 bridgehead atoms. The van der Waals surface area contributed by atoms with Crippen molar-refractivity contribution in [2.24, 2.45) is 4.99 Å². The maximum atomic E-state index is 14.3. The number of fused-ring (bicyclic) bond motifs is 3. The van der Waals surface area contributed by atoms with Gasteiger partial charge >= 0.3 is 6.18 Å². The van der Waals surface area contributed by atoms with Crippen LogP contribution in [0.3, 0.4) is 0 Å². The lowest BCUT2D eigenvalue weighted by atomic mass is 10.0. The lowest BCUT2D eigenvalue weighted by molar-refractivity contribution is -0.137. The highest BCUT2D eigenvalue weighted by atomic mass is 35.5. The van der Waals surface area contributed by atoms with Crippen molar-refractivity contribution in [3.05, 3.63) is 63.8 Å². The average molecular weight is 619 g/mol. The average Bonchev–Trinajstić information content (AvgIpc) is 3.42. The number of para-hydroxylation sites is 1. The molecule has 14 heteroatoms. The second-order valence-electron chi connectivity index (χ2n) is 10.6. The molecule has 0 unspecified atom stereocenters. The first-order chi connectivity index (χ1) is 19.9. The van der Waals surface area contributed by atoms with E-state index in [9.17, 15) is 18.0 Å². The number of guanidine groups is 1. The molecule has 1 fully saturated rings. The summed E-state index contributed by atoms with van der Waals surface area (Å²) < 4.78 is 42.8. The van der Waals surface area contributed by atoms with Gasteiger partial charge in [0.1, 0.15) is 5.56 Å². The molecule has 42 heavy (non-hydrogen) atoms. The van der Waals surface area contributed by atoms with E-state index in [0.29, 0.717) is 43.6 Å². The molecule has 2 aromatic carbocycles. The second-order valence-corrected chi connectivity index (χ2v) is 11.4. The molecular formula is C28H27Cl2F3N8O. The third-order valence-corrected chi connectivity index (χ3v) is 8.51. The summed E-state index contributed by atoms with van der Waals surface area (Å²) in [5, 5.41) is 3.45. The number of carbonyl (C=O) groups is 1. The van der Waals surface area contributed by atoms with Gasteiger partial charge < -0.3 is 10.2 Å². The molecule has 3 aromatic rings. The molecule has 1 saturated heterocycles. The van der Waals surface area contributed by atoms with Gasteiger partial charge in [0.2, 0.25) is 11.9 Å². The Hall–Kier alpha value is -3.61. The largest absolute Gasteiger partial charge is 0.418 e. The Morgan fingerprint density at radius 2 is 1.74 bits per heavy atom. The number of nitrogens with one attached hydrogen (secondary N) is 1. The monoisotopic (exact) mass is 618 g/mol. The molecule has 0 spiro atoms. The fourth-order valence-corrected chi connectivity index (χ4v) is 6.15. The molecule has 0 aliphatic carbocycles. The van der Waals surface area contributed by atoms with E-state index in [1.54, 1.807) is 34.1 Å². The van der Waals surface area contributed by atoms with E-state index in [0.717, 1.165) is 6.07 Å². The number of rotatable bonds is 4. The van der Waals surface area contributed by atoms with Gasteiger partial charge in [0.05, 0.1) is 27.8 Å². The van der Waals surface area contributed by atoms with Crippen molar-refractivity contribution in [2.45, 2.75) is 32.1 Å². The van der Waals surface area contributed by atoms with Gasteiger partial charge in [-0.15, -0.1) is 0 Å². The van der Waals surface area contributed by atoms with E-state index in [1.165, 1.54) is 17.2 Å². The molecule has 1 aromatic heterocycles. The lowest BCUT2D eigenvalue weighted by Gasteiger charge is -2.44. The number of halogens is 5. The van der Waals surface area contributed by atoms with Crippen molar-refractivity contribution in [1.29, 1.82) is 0 Å². The van der Waals surface area contributed by atoms with Gasteiger partial charge in [-0.2, -0.15) is 18.2 Å². The van der Waals surface area contributed by atoms with Gasteiger partial charge in [0, 0.05) is 49.3 Å². The number of aromatic nitrogens is 2. The second kappa shape index (κ2) is 10.6. The van der Waals surface area contributed by atoms with Gasteiger partial charge in [0.15, 0.2) is 5.82 Å². The third kappa shape index (κ3) is 4.91. The van der Waals surface area contributed by atoms with Crippen LogP contribution in [0.2, 0.25) is 10.0 Å². The zero-order valence-electron chi connectivity index (χ0n) is 23.0. The Labute approximate surface area is 250 Å². The maximum Gasteiger partial charge on any atom is 0.418 e. The van der Waals surface area contributed by atoms with Crippen LogP contribution in [0.25, 0.3) is 0 Å². The van der Waals surface area contributed by atoms with Crippen molar-refractivity contribution >= 4 is 63.9 Å². The highest BCUT2D eigenvalue weighted by Crippen LogP contribution is 2.41. The van der Waals surface area contributed by atoms with Gasteiger partial charge in [-0.3, -0.25) is 19.6 Å². The number of anilines is 5. The molecule has 3 aliphatic rings. The molecule has 220 valence electrons. The summed E-state index contributed by atoms with van der Waals surface area (Å²) in [6, 6.07) is 9.26. The Kier molecular flexibility index (Phi) is 7.19. The number of amides is 1. The summed E-state index contributed by atoms with van der Waals surface area (Å²) >= 11 is 12.8. The lowest BCUT2D eigenvalue weighted by Crippen LogP contribution is -2.55. The molecule has 4 heterocycles. The Morgan fingerprint density at radius 3 is 2.40 bits per heavy atom. The van der Waals surface area contributed by atoms with Crippen molar-refractivity contribution < 1.29 is 18.0 Å². The van der Waals surface area contributed by atoms with Crippen LogP contribution in [0.1, 0.15) is 29.8 Å². The van der Waals surface area contributed by atoms with Crippen LogP contribution in [0, 0.1) is 0 Å². The van der Waals surface area contributed by atoms with Gasteiger partial charge in [-0.1, -0.05) is 29.3 Å². The Balaban J connectivity index is 1.32. The number of alkyl halides is 3. The number of nitrogens with zero attached hydrogens (tertiary/aromatic N) is 7. The first-order valence-electron chi connectivity index (χ1n) is 13.4. The molecule has 2 atom stereocenters. The molecule has 1 amide bonds. The SMILES string of the molecule is C[C@@H]1CN(c2ccc(Nc3ncc4c(n3)N3CCN=C3N(c3c(Cl)cccc3Cl)C4=O)cc2C(F)(F)F)C[C@H](C)N1C. The summed E-state index contributed by atoms with van der Waals surface area (Å²) in [4.78, 5) is 33.9. The standard InChI is InChI=1S/C28H27Cl2F3N8O/c1-15-13-39(14-16(2)38(15)3)22-8-7-17(11-19(22)28(31,32)33)36-26-35-12-18-24(37-26)40-10-9-34-27(40)41(25(18)42)23-20(29)5-4-6-21(23)30/h4-8,11-12,15-16H,9-10,13-14H2,1-3H3,(H,35,36,37)/t15-,16+. The predicted octanol–water partition coefficient (Wildman–Crippen LogP) is 5.91. The van der Waals surface area contributed by atoms with Crippen LogP contribution in [-0.2, 0) is 6.18 Å². The van der Waals surface area contributed by atoms with E-state index in [4.69, 9.17) is 23.2 Å². The predicted molar refractivity (Wildman–Crippen MR) is 159 cm³/mol.